The van der Waals surface area contributed by atoms with Crippen molar-refractivity contribution in [3.8, 4) is 0 Å². The third kappa shape index (κ3) is 1.06. The van der Waals surface area contributed by atoms with Gasteiger partial charge in [0.15, 0.2) is 0 Å². The fourth-order valence-electron chi connectivity index (χ4n) is 1.72. The first kappa shape index (κ1) is 7.51. The van der Waals surface area contributed by atoms with Gasteiger partial charge in [-0.05, 0) is 46.5 Å². The molecule has 0 fully saturated rings. The minimum Gasteiger partial charge on any atom is -0.264 e. The number of pyridine rings is 1. The molecule has 3 rings (SSSR count). The minimum atomic E-state index is 1.18. The third-order valence-corrected chi connectivity index (χ3v) is 2.44. The molecule has 0 N–H and O–H groups in total. The molecule has 0 unspecified atom stereocenters. The first-order chi connectivity index (χ1) is 6.93. The van der Waals surface area contributed by atoms with Crippen LogP contribution in [0.3, 0.4) is 0 Å². The summed E-state index contributed by atoms with van der Waals surface area (Å²) in [6.45, 7) is 0. The highest BCUT2D eigenvalue weighted by molar-refractivity contribution is 5.97. The Hall–Kier alpha value is -1.89. The van der Waals surface area contributed by atoms with Crippen molar-refractivity contribution in [2.75, 3.05) is 0 Å². The molecule has 1 nitrogen and oxygen atoms in total. The molecule has 2 aromatic carbocycles. The first-order valence-electron chi connectivity index (χ1n) is 4.57. The van der Waals surface area contributed by atoms with Crippen molar-refractivity contribution in [1.82, 2.24) is 4.98 Å². The van der Waals surface area contributed by atoms with E-state index in [1.807, 2.05) is 30.6 Å². The number of hydrogen-bond donors (Lipinski definition) is 0. The van der Waals surface area contributed by atoms with Crippen molar-refractivity contribution in [1.29, 1.82) is 0 Å². The van der Waals surface area contributed by atoms with Crippen LogP contribution in [0.2, 0.25) is 0 Å². The summed E-state index contributed by atoms with van der Waals surface area (Å²) in [6, 6.07) is 15.5. The Kier molecular flexibility index (Phi) is 1.51. The predicted molar refractivity (Wildman–Crippen MR) is 58.1 cm³/mol. The van der Waals surface area contributed by atoms with Crippen LogP contribution < -0.4 is 0 Å². The molecule has 0 amide bonds. The van der Waals surface area contributed by atoms with Crippen LogP contribution in [-0.4, -0.2) is 4.98 Å². The highest BCUT2D eigenvalue weighted by Crippen LogP contribution is 2.21. The highest BCUT2D eigenvalue weighted by Gasteiger charge is 1.95. The largest absolute Gasteiger partial charge is 0.264 e. The van der Waals surface area contributed by atoms with Gasteiger partial charge in [-0.15, -0.1) is 0 Å². The van der Waals surface area contributed by atoms with Crippen molar-refractivity contribution < 1.29 is 0 Å². The number of aromatic nitrogens is 1. The van der Waals surface area contributed by atoms with Gasteiger partial charge in [-0.3, -0.25) is 4.98 Å². The summed E-state index contributed by atoms with van der Waals surface area (Å²) in [5, 5.41) is 4.88. The zero-order valence-corrected chi connectivity index (χ0v) is 7.57. The van der Waals surface area contributed by atoms with Gasteiger partial charge in [0.25, 0.3) is 0 Å². The number of benzene rings is 2. The smallest absolute Gasteiger partial charge is 0.0346 e. The molecule has 0 saturated heterocycles. The Labute approximate surface area is 82.0 Å². The second kappa shape index (κ2) is 2.81. The summed E-state index contributed by atoms with van der Waals surface area (Å²) in [7, 11) is 0. The van der Waals surface area contributed by atoms with E-state index in [-0.39, 0.29) is 0 Å². The van der Waals surface area contributed by atoms with Crippen LogP contribution in [0.5, 0.6) is 0 Å². The van der Waals surface area contributed by atoms with Crippen LogP contribution in [0.1, 0.15) is 0 Å². The van der Waals surface area contributed by atoms with E-state index in [0.717, 1.165) is 0 Å². The lowest BCUT2D eigenvalue weighted by atomic mass is 10.1. The number of nitrogens with zero attached hydrogens (tertiary/aromatic N) is 1. The molecule has 0 aliphatic rings. The van der Waals surface area contributed by atoms with Crippen molar-refractivity contribution in [3.63, 3.8) is 0 Å². The molecule has 0 aliphatic heterocycles. The molecule has 0 atom stereocenters. The number of hydrogen-bond acceptors (Lipinski definition) is 1. The van der Waals surface area contributed by atoms with Crippen molar-refractivity contribution >= 4 is 21.5 Å². The van der Waals surface area contributed by atoms with Gasteiger partial charge in [-0.2, -0.15) is 0 Å². The summed E-state index contributed by atoms with van der Waals surface area (Å²) in [6.07, 6.45) is 3.71. The Morgan fingerprint density at radius 3 is 2.79 bits per heavy atom. The van der Waals surface area contributed by atoms with Gasteiger partial charge in [0, 0.05) is 17.8 Å². The maximum atomic E-state index is 4.11. The van der Waals surface area contributed by atoms with Gasteiger partial charge >= 0.3 is 0 Å². The first-order valence-corrected chi connectivity index (χ1v) is 4.57. The topological polar surface area (TPSA) is 12.9 Å². The molecule has 3 aromatic rings. The van der Waals surface area contributed by atoms with Crippen LogP contribution in [-0.2, 0) is 0 Å². The Balaban J connectivity index is 2.52. The molecule has 0 bridgehead atoms. The maximum Gasteiger partial charge on any atom is 0.0346 e. The van der Waals surface area contributed by atoms with Crippen molar-refractivity contribution in [2.45, 2.75) is 0 Å². The van der Waals surface area contributed by atoms with Gasteiger partial charge in [-0.25, -0.2) is 0 Å². The number of fused-ring (bicyclic) bond motifs is 2. The van der Waals surface area contributed by atoms with Gasteiger partial charge in [0.1, 0.15) is 0 Å². The van der Waals surface area contributed by atoms with E-state index in [4.69, 9.17) is 0 Å². The van der Waals surface area contributed by atoms with E-state index >= 15 is 0 Å². The lowest BCUT2D eigenvalue weighted by molar-refractivity contribution is 1.37. The van der Waals surface area contributed by atoms with E-state index in [9.17, 15) is 0 Å². The summed E-state index contributed by atoms with van der Waals surface area (Å²) < 4.78 is 0. The zero-order chi connectivity index (χ0) is 9.38. The molecule has 1 radical (unpaired) electrons. The average molecular weight is 178 g/mol. The van der Waals surface area contributed by atoms with E-state index in [2.05, 4.69) is 29.2 Å². The van der Waals surface area contributed by atoms with E-state index in [1.54, 1.807) is 0 Å². The second-order valence-electron chi connectivity index (χ2n) is 3.35. The summed E-state index contributed by atoms with van der Waals surface area (Å²) in [4.78, 5) is 4.11. The van der Waals surface area contributed by atoms with Crippen LogP contribution in [0.15, 0.2) is 48.8 Å². The Morgan fingerprint density at radius 2 is 1.79 bits per heavy atom. The van der Waals surface area contributed by atoms with Gasteiger partial charge in [0.05, 0.1) is 0 Å². The van der Waals surface area contributed by atoms with Crippen LogP contribution in [0.25, 0.3) is 21.5 Å². The zero-order valence-electron chi connectivity index (χ0n) is 7.57. The molecule has 1 aromatic heterocycles. The molecule has 1 heterocycles. The van der Waals surface area contributed by atoms with Gasteiger partial charge < -0.3 is 0 Å². The van der Waals surface area contributed by atoms with E-state index in [1.165, 1.54) is 21.5 Å². The second-order valence-corrected chi connectivity index (χ2v) is 3.35. The van der Waals surface area contributed by atoms with Gasteiger partial charge in [0.2, 0.25) is 0 Å². The molecule has 65 valence electrons. The lowest BCUT2D eigenvalue weighted by Crippen LogP contribution is -1.77. The molecular formula is C13H8N. The summed E-state index contributed by atoms with van der Waals surface area (Å²) in [5.74, 6) is 0. The normalized spacial score (nSPS) is 10.9. The third-order valence-electron chi connectivity index (χ3n) is 2.44. The van der Waals surface area contributed by atoms with Crippen LogP contribution in [0, 0.1) is 6.07 Å². The Bertz CT molecular complexity index is 494. The highest BCUT2D eigenvalue weighted by atomic mass is 14.6. The lowest BCUT2D eigenvalue weighted by Gasteiger charge is -2.00. The molecule has 0 spiro atoms. The monoisotopic (exact) mass is 178 g/mol. The van der Waals surface area contributed by atoms with Crippen LogP contribution >= 0.6 is 0 Å². The maximum absolute atomic E-state index is 4.11. The molecule has 0 saturated carbocycles. The van der Waals surface area contributed by atoms with Crippen molar-refractivity contribution in [2.24, 2.45) is 0 Å². The molecule has 0 aliphatic carbocycles. The van der Waals surface area contributed by atoms with Crippen LogP contribution in [0.4, 0.5) is 0 Å². The fraction of sp³-hybridized carbons (Fsp3) is 0. The van der Waals surface area contributed by atoms with E-state index in [0.29, 0.717) is 0 Å². The molecule has 14 heavy (non-hydrogen) atoms. The van der Waals surface area contributed by atoms with Gasteiger partial charge in [-0.1, -0.05) is 12.1 Å². The summed E-state index contributed by atoms with van der Waals surface area (Å²) in [5.41, 5.74) is 0. The SMILES string of the molecule is [c]1ccc2cc3ccncc3cc2c1. The number of rotatable bonds is 0. The summed E-state index contributed by atoms with van der Waals surface area (Å²) >= 11 is 0. The predicted octanol–water partition coefficient (Wildman–Crippen LogP) is 3.19. The standard InChI is InChI=1S/C13H8N/c1-2-4-11-8-13-9-14-6-5-12(13)7-10(11)3-1/h1,3-9H. The van der Waals surface area contributed by atoms with E-state index < -0.39 is 0 Å². The van der Waals surface area contributed by atoms with Crippen molar-refractivity contribution in [3.05, 3.63) is 54.9 Å². The average Bonchev–Trinajstić information content (AvgIpc) is 2.26. The minimum absolute atomic E-state index is 1.18. The molecular weight excluding hydrogens is 170 g/mol. The fourth-order valence-corrected chi connectivity index (χ4v) is 1.72. The molecule has 1 heteroatoms. The quantitative estimate of drug-likeness (QED) is 0.482. The Morgan fingerprint density at radius 1 is 0.929 bits per heavy atom.